The first-order valence-electron chi connectivity index (χ1n) is 5.24. The highest BCUT2D eigenvalue weighted by atomic mass is 16.3. The van der Waals surface area contributed by atoms with E-state index in [-0.39, 0.29) is 35.9 Å². The van der Waals surface area contributed by atoms with E-state index in [0.29, 0.717) is 0 Å². The van der Waals surface area contributed by atoms with Crippen molar-refractivity contribution in [2.45, 2.75) is 6.42 Å². The van der Waals surface area contributed by atoms with Crippen LogP contribution in [-0.2, 0) is 4.79 Å². The van der Waals surface area contributed by atoms with Gasteiger partial charge in [-0.15, -0.1) is 0 Å². The number of hydrogen-bond donors (Lipinski definition) is 3. The van der Waals surface area contributed by atoms with Crippen molar-refractivity contribution in [1.82, 2.24) is 5.32 Å². The molecule has 1 fully saturated rings. The highest BCUT2D eigenvalue weighted by molar-refractivity contribution is 6.07. The predicted molar refractivity (Wildman–Crippen MR) is 62.1 cm³/mol. The van der Waals surface area contributed by atoms with Gasteiger partial charge in [0.2, 0.25) is 5.91 Å². The van der Waals surface area contributed by atoms with Crippen LogP contribution < -0.4 is 16.0 Å². The minimum atomic E-state index is -0.789. The second-order valence-electron chi connectivity index (χ2n) is 3.79. The minimum absolute atomic E-state index is 0.0720. The lowest BCUT2D eigenvalue weighted by Gasteiger charge is -2.27. The van der Waals surface area contributed by atoms with Gasteiger partial charge in [-0.1, -0.05) is 6.07 Å². The molecule has 4 amide bonds. The van der Waals surface area contributed by atoms with Crippen molar-refractivity contribution in [2.24, 2.45) is 5.73 Å². The highest BCUT2D eigenvalue weighted by Gasteiger charge is 2.27. The van der Waals surface area contributed by atoms with Crippen LogP contribution in [0.5, 0.6) is 5.75 Å². The Morgan fingerprint density at radius 3 is 2.72 bits per heavy atom. The van der Waals surface area contributed by atoms with Crippen molar-refractivity contribution in [3.05, 3.63) is 23.8 Å². The molecule has 7 heteroatoms. The summed E-state index contributed by atoms with van der Waals surface area (Å²) in [4.78, 5) is 34.9. The molecule has 18 heavy (non-hydrogen) atoms. The van der Waals surface area contributed by atoms with Gasteiger partial charge in [0.1, 0.15) is 0 Å². The zero-order valence-electron chi connectivity index (χ0n) is 9.34. The molecule has 0 unspecified atom stereocenters. The summed E-state index contributed by atoms with van der Waals surface area (Å²) in [7, 11) is 0. The van der Waals surface area contributed by atoms with E-state index in [1.54, 1.807) is 0 Å². The van der Waals surface area contributed by atoms with Crippen molar-refractivity contribution in [3.8, 4) is 5.75 Å². The first kappa shape index (κ1) is 11.9. The normalized spacial score (nSPS) is 15.4. The molecule has 0 spiro atoms. The number of primary amides is 1. The first-order chi connectivity index (χ1) is 8.50. The fourth-order valence-corrected chi connectivity index (χ4v) is 1.74. The summed E-state index contributed by atoms with van der Waals surface area (Å²) in [5.41, 5.74) is 5.17. The number of para-hydroxylation sites is 1. The summed E-state index contributed by atoms with van der Waals surface area (Å²) in [6, 6.07) is 3.69. The average molecular weight is 249 g/mol. The largest absolute Gasteiger partial charge is 0.505 e. The minimum Gasteiger partial charge on any atom is -0.505 e. The molecule has 1 aliphatic heterocycles. The van der Waals surface area contributed by atoms with Crippen LogP contribution >= 0.6 is 0 Å². The van der Waals surface area contributed by atoms with Crippen molar-refractivity contribution in [1.29, 1.82) is 0 Å². The number of hydrogen-bond acceptors (Lipinski definition) is 4. The first-order valence-corrected chi connectivity index (χ1v) is 5.24. The number of carbonyl (C=O) groups excluding carboxylic acids is 3. The number of urea groups is 1. The maximum absolute atomic E-state index is 11.6. The Bertz CT molecular complexity index is 541. The van der Waals surface area contributed by atoms with Crippen molar-refractivity contribution in [3.63, 3.8) is 0 Å². The lowest BCUT2D eigenvalue weighted by Crippen LogP contribution is -2.49. The third kappa shape index (κ3) is 1.97. The maximum atomic E-state index is 11.6. The molecule has 0 aliphatic carbocycles. The van der Waals surface area contributed by atoms with Crippen molar-refractivity contribution in [2.75, 3.05) is 11.4 Å². The number of nitrogens with two attached hydrogens (primary N) is 1. The topological polar surface area (TPSA) is 113 Å². The molecule has 1 heterocycles. The van der Waals surface area contributed by atoms with Gasteiger partial charge in [-0.3, -0.25) is 19.8 Å². The molecule has 0 aromatic heterocycles. The Labute approximate surface area is 102 Å². The van der Waals surface area contributed by atoms with Crippen LogP contribution in [0.4, 0.5) is 10.5 Å². The third-order valence-electron chi connectivity index (χ3n) is 2.62. The van der Waals surface area contributed by atoms with E-state index in [2.05, 4.69) is 5.32 Å². The van der Waals surface area contributed by atoms with Gasteiger partial charge in [0.15, 0.2) is 5.75 Å². The molecule has 2 rings (SSSR count). The van der Waals surface area contributed by atoms with E-state index in [0.717, 1.165) is 0 Å². The standard InChI is InChI=1S/C11H11N3O4/c12-10(17)6-2-1-3-7(9(6)16)14-5-4-8(15)13-11(14)18/h1-3,16H,4-5H2,(H2,12,17)(H,13,15,18). The number of imide groups is 1. The van der Waals surface area contributed by atoms with E-state index in [4.69, 9.17) is 5.73 Å². The Hall–Kier alpha value is -2.57. The van der Waals surface area contributed by atoms with Gasteiger partial charge >= 0.3 is 6.03 Å². The van der Waals surface area contributed by atoms with Crippen LogP contribution in [0.25, 0.3) is 0 Å². The van der Waals surface area contributed by atoms with Crippen molar-refractivity contribution < 1.29 is 19.5 Å². The number of carbonyl (C=O) groups is 3. The van der Waals surface area contributed by atoms with Crippen LogP contribution in [0.3, 0.4) is 0 Å². The van der Waals surface area contributed by atoms with Gasteiger partial charge in [0.25, 0.3) is 5.91 Å². The van der Waals surface area contributed by atoms with Gasteiger partial charge in [-0.2, -0.15) is 0 Å². The summed E-state index contributed by atoms with van der Waals surface area (Å²) >= 11 is 0. The summed E-state index contributed by atoms with van der Waals surface area (Å²) in [6.45, 7) is 0.139. The van der Waals surface area contributed by atoms with Crippen LogP contribution in [0.2, 0.25) is 0 Å². The molecule has 0 radical (unpaired) electrons. The van der Waals surface area contributed by atoms with Gasteiger partial charge < -0.3 is 10.8 Å². The van der Waals surface area contributed by atoms with Crippen LogP contribution in [-0.4, -0.2) is 29.5 Å². The number of phenols is 1. The summed E-state index contributed by atoms with van der Waals surface area (Å²) in [5, 5.41) is 12.0. The SMILES string of the molecule is NC(=O)c1cccc(N2CCC(=O)NC2=O)c1O. The molecule has 0 bridgehead atoms. The fourth-order valence-electron chi connectivity index (χ4n) is 1.74. The van der Waals surface area contributed by atoms with Gasteiger partial charge in [0.05, 0.1) is 11.3 Å². The zero-order valence-corrected chi connectivity index (χ0v) is 9.34. The Morgan fingerprint density at radius 1 is 1.39 bits per heavy atom. The van der Waals surface area contributed by atoms with Gasteiger partial charge in [0, 0.05) is 13.0 Å². The number of amides is 4. The predicted octanol–water partition coefficient (Wildman–Crippen LogP) is -0.0626. The molecular weight excluding hydrogens is 238 g/mol. The number of aromatic hydroxyl groups is 1. The molecule has 1 aliphatic rings. The van der Waals surface area contributed by atoms with E-state index in [1.807, 2.05) is 0 Å². The Kier molecular flexibility index (Phi) is 2.88. The molecule has 0 saturated carbocycles. The van der Waals surface area contributed by atoms with E-state index in [1.165, 1.54) is 23.1 Å². The average Bonchev–Trinajstić information content (AvgIpc) is 2.30. The van der Waals surface area contributed by atoms with Crippen LogP contribution in [0.1, 0.15) is 16.8 Å². The van der Waals surface area contributed by atoms with E-state index >= 15 is 0 Å². The zero-order chi connectivity index (χ0) is 13.3. The number of benzene rings is 1. The van der Waals surface area contributed by atoms with Crippen LogP contribution in [0.15, 0.2) is 18.2 Å². The van der Waals surface area contributed by atoms with E-state index in [9.17, 15) is 19.5 Å². The number of anilines is 1. The smallest absolute Gasteiger partial charge is 0.328 e. The molecule has 4 N–H and O–H groups in total. The molecule has 94 valence electrons. The fraction of sp³-hybridized carbons (Fsp3) is 0.182. The van der Waals surface area contributed by atoms with Crippen molar-refractivity contribution >= 4 is 23.5 Å². The molecule has 0 atom stereocenters. The maximum Gasteiger partial charge on any atom is 0.328 e. The quantitative estimate of drug-likeness (QED) is 0.681. The number of nitrogens with zero attached hydrogens (tertiary/aromatic N) is 1. The second kappa shape index (κ2) is 4.36. The van der Waals surface area contributed by atoms with Gasteiger partial charge in [-0.05, 0) is 12.1 Å². The Balaban J connectivity index is 2.39. The van der Waals surface area contributed by atoms with Crippen LogP contribution in [0, 0.1) is 0 Å². The Morgan fingerprint density at radius 2 is 2.11 bits per heavy atom. The molecule has 1 aromatic rings. The number of nitrogens with one attached hydrogen (secondary N) is 1. The third-order valence-corrected chi connectivity index (χ3v) is 2.62. The molecule has 1 aromatic carbocycles. The molecule has 7 nitrogen and oxygen atoms in total. The summed E-state index contributed by atoms with van der Waals surface area (Å²) in [6.07, 6.45) is 0.131. The van der Waals surface area contributed by atoms with E-state index < -0.39 is 11.9 Å². The second-order valence-corrected chi connectivity index (χ2v) is 3.79. The summed E-state index contributed by atoms with van der Waals surface area (Å²) in [5.74, 6) is -1.53. The summed E-state index contributed by atoms with van der Waals surface area (Å²) < 4.78 is 0. The van der Waals surface area contributed by atoms with Gasteiger partial charge in [-0.25, -0.2) is 4.79 Å². The molecular formula is C11H11N3O4. The lowest BCUT2D eigenvalue weighted by molar-refractivity contribution is -0.120. The highest BCUT2D eigenvalue weighted by Crippen LogP contribution is 2.31. The monoisotopic (exact) mass is 249 g/mol. The number of rotatable bonds is 2. The lowest BCUT2D eigenvalue weighted by atomic mass is 10.1. The molecule has 1 saturated heterocycles.